The lowest BCUT2D eigenvalue weighted by molar-refractivity contribution is -0.137. The van der Waals surface area contributed by atoms with Crippen LogP contribution in [0.15, 0.2) is 72.4 Å². The van der Waals surface area contributed by atoms with Crippen molar-refractivity contribution in [3.8, 4) is 0 Å². The highest BCUT2D eigenvalue weighted by atomic mass is 35.5. The Morgan fingerprint density at radius 2 is 1.61 bits per heavy atom. The van der Waals surface area contributed by atoms with E-state index in [9.17, 15) is 9.59 Å². The van der Waals surface area contributed by atoms with Gasteiger partial charge >= 0.3 is 0 Å². The van der Waals surface area contributed by atoms with Gasteiger partial charge in [0.05, 0.1) is 12.1 Å². The van der Waals surface area contributed by atoms with E-state index in [1.165, 1.54) is 4.90 Å². The molecule has 1 N–H and O–H groups in total. The second kappa shape index (κ2) is 8.40. The van der Waals surface area contributed by atoms with E-state index in [0.717, 1.165) is 27.8 Å². The smallest absolute Gasteiger partial charge is 0.278 e. The molecule has 4 rings (SSSR count). The Bertz CT molecular complexity index is 1220. The first kappa shape index (κ1) is 20.9. The zero-order valence-electron chi connectivity index (χ0n) is 17.7. The number of imide groups is 1. The van der Waals surface area contributed by atoms with Crippen LogP contribution in [0.2, 0.25) is 5.02 Å². The number of carbonyl (C=O) groups is 2. The summed E-state index contributed by atoms with van der Waals surface area (Å²) in [5.74, 6) is -0.647. The number of benzene rings is 3. The van der Waals surface area contributed by atoms with Crippen LogP contribution >= 0.6 is 11.6 Å². The van der Waals surface area contributed by atoms with Gasteiger partial charge < -0.3 is 5.32 Å². The number of rotatable bonds is 5. The van der Waals surface area contributed by atoms with Crippen molar-refractivity contribution < 1.29 is 9.59 Å². The van der Waals surface area contributed by atoms with E-state index in [0.29, 0.717) is 16.3 Å². The number of nitrogens with zero attached hydrogens (tertiary/aromatic N) is 1. The van der Waals surface area contributed by atoms with Gasteiger partial charge in [-0.3, -0.25) is 14.5 Å². The molecule has 0 radical (unpaired) electrons. The van der Waals surface area contributed by atoms with Gasteiger partial charge in [-0.25, -0.2) is 0 Å². The number of carbonyl (C=O) groups excluding carboxylic acids is 2. The molecule has 3 aromatic rings. The summed E-state index contributed by atoms with van der Waals surface area (Å²) in [6, 6.07) is 20.9. The van der Waals surface area contributed by atoms with Crippen molar-refractivity contribution in [3.63, 3.8) is 0 Å². The molecule has 0 bridgehead atoms. The normalized spacial score (nSPS) is 13.9. The van der Waals surface area contributed by atoms with E-state index < -0.39 is 0 Å². The van der Waals surface area contributed by atoms with Crippen LogP contribution in [0, 0.1) is 20.8 Å². The standard InChI is InChI=1S/C26H23ClN2O2/c1-16-12-13-20(17(2)14-16)23-24(28-22-11-7-10-21(27)18(22)3)26(31)29(25(23)30)15-19-8-5-4-6-9-19/h4-14,28H,15H2,1-3H3. The van der Waals surface area contributed by atoms with E-state index >= 15 is 0 Å². The number of anilines is 1. The van der Waals surface area contributed by atoms with Crippen LogP contribution in [-0.2, 0) is 16.1 Å². The summed E-state index contributed by atoms with van der Waals surface area (Å²) in [6.07, 6.45) is 0. The molecule has 1 heterocycles. The summed E-state index contributed by atoms with van der Waals surface area (Å²) in [4.78, 5) is 28.2. The van der Waals surface area contributed by atoms with Crippen molar-refractivity contribution in [3.05, 3.63) is 105 Å². The van der Waals surface area contributed by atoms with E-state index in [1.54, 1.807) is 6.07 Å². The molecular formula is C26H23ClN2O2. The highest BCUT2D eigenvalue weighted by molar-refractivity contribution is 6.37. The van der Waals surface area contributed by atoms with Crippen LogP contribution in [-0.4, -0.2) is 16.7 Å². The fourth-order valence-electron chi connectivity index (χ4n) is 3.82. The molecule has 1 aliphatic heterocycles. The van der Waals surface area contributed by atoms with E-state index in [1.807, 2.05) is 81.4 Å². The lowest BCUT2D eigenvalue weighted by Crippen LogP contribution is -2.32. The third kappa shape index (κ3) is 3.99. The molecule has 156 valence electrons. The maximum Gasteiger partial charge on any atom is 0.278 e. The molecule has 4 nitrogen and oxygen atoms in total. The average Bonchev–Trinajstić information content (AvgIpc) is 2.97. The molecule has 1 aliphatic rings. The van der Waals surface area contributed by atoms with Gasteiger partial charge in [-0.05, 0) is 55.2 Å². The Morgan fingerprint density at radius 3 is 2.32 bits per heavy atom. The van der Waals surface area contributed by atoms with Crippen molar-refractivity contribution in [2.24, 2.45) is 0 Å². The quantitative estimate of drug-likeness (QED) is 0.531. The van der Waals surface area contributed by atoms with Gasteiger partial charge in [0, 0.05) is 10.7 Å². The van der Waals surface area contributed by atoms with Crippen LogP contribution < -0.4 is 5.32 Å². The monoisotopic (exact) mass is 430 g/mol. The number of nitrogens with one attached hydrogen (secondary N) is 1. The van der Waals surface area contributed by atoms with Crippen molar-refractivity contribution >= 4 is 34.7 Å². The molecule has 0 saturated heterocycles. The lowest BCUT2D eigenvalue weighted by atomic mass is 9.97. The average molecular weight is 431 g/mol. The molecule has 0 spiro atoms. The third-order valence-electron chi connectivity index (χ3n) is 5.53. The summed E-state index contributed by atoms with van der Waals surface area (Å²) in [6.45, 7) is 6.05. The number of aryl methyl sites for hydroxylation is 2. The SMILES string of the molecule is Cc1ccc(C2=C(Nc3cccc(Cl)c3C)C(=O)N(Cc3ccccc3)C2=O)c(C)c1. The van der Waals surface area contributed by atoms with Crippen LogP contribution in [0.5, 0.6) is 0 Å². The van der Waals surface area contributed by atoms with E-state index in [2.05, 4.69) is 5.32 Å². The van der Waals surface area contributed by atoms with E-state index in [4.69, 9.17) is 11.6 Å². The zero-order chi connectivity index (χ0) is 22.1. The Kier molecular flexibility index (Phi) is 5.66. The lowest BCUT2D eigenvalue weighted by Gasteiger charge is -2.16. The topological polar surface area (TPSA) is 49.4 Å². The fourth-order valence-corrected chi connectivity index (χ4v) is 4.00. The zero-order valence-corrected chi connectivity index (χ0v) is 18.5. The number of hydrogen-bond donors (Lipinski definition) is 1. The van der Waals surface area contributed by atoms with Gasteiger partial charge in [-0.2, -0.15) is 0 Å². The van der Waals surface area contributed by atoms with Crippen molar-refractivity contribution in [2.45, 2.75) is 27.3 Å². The minimum atomic E-state index is -0.344. The summed E-state index contributed by atoms with van der Waals surface area (Å²) in [5, 5.41) is 3.81. The second-order valence-electron chi connectivity index (χ2n) is 7.79. The predicted octanol–water partition coefficient (Wildman–Crippen LogP) is 5.66. The Hall–Kier alpha value is -3.37. The van der Waals surface area contributed by atoms with Crippen LogP contribution in [0.1, 0.15) is 27.8 Å². The molecule has 0 unspecified atom stereocenters. The molecule has 5 heteroatoms. The predicted molar refractivity (Wildman–Crippen MR) is 125 cm³/mol. The van der Waals surface area contributed by atoms with Gasteiger partial charge in [-0.1, -0.05) is 71.8 Å². The van der Waals surface area contributed by atoms with Gasteiger partial charge in [0.15, 0.2) is 0 Å². The molecular weight excluding hydrogens is 408 g/mol. The second-order valence-corrected chi connectivity index (χ2v) is 8.20. The number of hydrogen-bond acceptors (Lipinski definition) is 3. The van der Waals surface area contributed by atoms with Crippen molar-refractivity contribution in [2.75, 3.05) is 5.32 Å². The molecule has 2 amide bonds. The highest BCUT2D eigenvalue weighted by Gasteiger charge is 2.39. The van der Waals surface area contributed by atoms with Gasteiger partial charge in [0.1, 0.15) is 5.70 Å². The molecule has 0 atom stereocenters. The third-order valence-corrected chi connectivity index (χ3v) is 5.94. The molecule has 3 aromatic carbocycles. The first-order valence-corrected chi connectivity index (χ1v) is 10.5. The molecule has 0 aliphatic carbocycles. The summed E-state index contributed by atoms with van der Waals surface area (Å²) in [7, 11) is 0. The van der Waals surface area contributed by atoms with Crippen LogP contribution in [0.25, 0.3) is 5.57 Å². The maximum absolute atomic E-state index is 13.5. The molecule has 0 saturated carbocycles. The van der Waals surface area contributed by atoms with Gasteiger partial charge in [0.25, 0.3) is 11.8 Å². The largest absolute Gasteiger partial charge is 0.350 e. The minimum Gasteiger partial charge on any atom is -0.350 e. The number of halogens is 1. The minimum absolute atomic E-state index is 0.215. The Balaban J connectivity index is 1.81. The van der Waals surface area contributed by atoms with Crippen molar-refractivity contribution in [1.82, 2.24) is 4.90 Å². The fraction of sp³-hybridized carbons (Fsp3) is 0.154. The highest BCUT2D eigenvalue weighted by Crippen LogP contribution is 2.34. The summed E-state index contributed by atoms with van der Waals surface area (Å²) in [5.41, 5.74) is 5.87. The summed E-state index contributed by atoms with van der Waals surface area (Å²) < 4.78 is 0. The molecule has 0 fully saturated rings. The van der Waals surface area contributed by atoms with Gasteiger partial charge in [0.2, 0.25) is 0 Å². The molecule has 31 heavy (non-hydrogen) atoms. The molecule has 0 aromatic heterocycles. The van der Waals surface area contributed by atoms with Crippen LogP contribution in [0.4, 0.5) is 5.69 Å². The van der Waals surface area contributed by atoms with Gasteiger partial charge in [-0.15, -0.1) is 0 Å². The maximum atomic E-state index is 13.5. The van der Waals surface area contributed by atoms with Crippen molar-refractivity contribution in [1.29, 1.82) is 0 Å². The first-order valence-electron chi connectivity index (χ1n) is 10.1. The Labute approximate surface area is 187 Å². The first-order chi connectivity index (χ1) is 14.9. The van der Waals surface area contributed by atoms with Crippen LogP contribution in [0.3, 0.4) is 0 Å². The van der Waals surface area contributed by atoms with E-state index in [-0.39, 0.29) is 24.1 Å². The number of amides is 2. The summed E-state index contributed by atoms with van der Waals surface area (Å²) >= 11 is 6.28. The Morgan fingerprint density at radius 1 is 0.871 bits per heavy atom.